The fourth-order valence-electron chi connectivity index (χ4n) is 4.08. The standard InChI is InChI=1S/C22H24N6OS/c1-13-9-14(2)11-16(10-13)25-22-24-12-15-3-4-17-19(18(15)27-22)30-20(26-17)21(29)28-7-5-23-6-8-28/h9-12,23H,3-8H2,1-2H3,(H,24,25,27). The molecule has 5 rings (SSSR count). The van der Waals surface area contributed by atoms with Crippen molar-refractivity contribution in [1.82, 2.24) is 25.2 Å². The molecule has 1 fully saturated rings. The Hall–Kier alpha value is -2.84. The van der Waals surface area contributed by atoms with Crippen LogP contribution < -0.4 is 10.6 Å². The SMILES string of the molecule is Cc1cc(C)cc(Nc2ncc3c(n2)-c2sc(C(=O)N4CCNCC4)nc2CC3)c1. The van der Waals surface area contributed by atoms with Crippen LogP contribution in [0.15, 0.2) is 24.4 Å². The highest BCUT2D eigenvalue weighted by molar-refractivity contribution is 7.17. The number of rotatable bonds is 3. The topological polar surface area (TPSA) is 83.0 Å². The third kappa shape index (κ3) is 3.68. The summed E-state index contributed by atoms with van der Waals surface area (Å²) in [5.74, 6) is 0.593. The summed E-state index contributed by atoms with van der Waals surface area (Å²) in [6, 6.07) is 6.30. The number of nitrogens with zero attached hydrogens (tertiary/aromatic N) is 4. The zero-order valence-corrected chi connectivity index (χ0v) is 18.0. The Kier molecular flexibility index (Phi) is 4.96. The monoisotopic (exact) mass is 420 g/mol. The average Bonchev–Trinajstić information content (AvgIpc) is 3.18. The van der Waals surface area contributed by atoms with Crippen LogP contribution in [0.25, 0.3) is 10.6 Å². The van der Waals surface area contributed by atoms with Crippen molar-refractivity contribution in [1.29, 1.82) is 0 Å². The molecule has 0 bridgehead atoms. The molecule has 3 heterocycles. The van der Waals surface area contributed by atoms with Gasteiger partial charge in [0.1, 0.15) is 0 Å². The van der Waals surface area contributed by atoms with Crippen LogP contribution in [0.4, 0.5) is 11.6 Å². The number of aromatic nitrogens is 3. The maximum absolute atomic E-state index is 12.9. The molecule has 0 spiro atoms. The van der Waals surface area contributed by atoms with Crippen molar-refractivity contribution in [3.63, 3.8) is 0 Å². The molecule has 0 saturated carbocycles. The zero-order valence-electron chi connectivity index (χ0n) is 17.2. The summed E-state index contributed by atoms with van der Waals surface area (Å²) in [7, 11) is 0. The number of fused-ring (bicyclic) bond motifs is 3. The lowest BCUT2D eigenvalue weighted by Gasteiger charge is -2.26. The number of hydrogen-bond donors (Lipinski definition) is 2. The molecule has 2 aliphatic rings. The van der Waals surface area contributed by atoms with Gasteiger partial charge in [-0.2, -0.15) is 0 Å². The largest absolute Gasteiger partial charge is 0.334 e. The fraction of sp³-hybridized carbons (Fsp3) is 0.364. The third-order valence-corrected chi connectivity index (χ3v) is 6.57. The number of benzene rings is 1. The molecule has 2 aromatic heterocycles. The second kappa shape index (κ2) is 7.77. The van der Waals surface area contributed by atoms with Crippen molar-refractivity contribution in [2.75, 3.05) is 31.5 Å². The van der Waals surface area contributed by atoms with Crippen LogP contribution in [0.1, 0.15) is 32.2 Å². The van der Waals surface area contributed by atoms with Gasteiger partial charge in [0.05, 0.1) is 16.3 Å². The first-order chi connectivity index (χ1) is 14.6. The minimum Gasteiger partial charge on any atom is -0.334 e. The van der Waals surface area contributed by atoms with Crippen LogP contribution in [0.2, 0.25) is 0 Å². The molecule has 0 radical (unpaired) electrons. The van der Waals surface area contributed by atoms with Crippen molar-refractivity contribution < 1.29 is 4.79 Å². The van der Waals surface area contributed by atoms with Gasteiger partial charge in [-0.1, -0.05) is 6.07 Å². The van der Waals surface area contributed by atoms with Crippen molar-refractivity contribution in [2.24, 2.45) is 0 Å². The summed E-state index contributed by atoms with van der Waals surface area (Å²) in [6.07, 6.45) is 3.56. The number of thiazole rings is 1. The zero-order chi connectivity index (χ0) is 20.7. The van der Waals surface area contributed by atoms with Crippen molar-refractivity contribution in [3.8, 4) is 10.6 Å². The maximum atomic E-state index is 12.9. The molecular weight excluding hydrogens is 396 g/mol. The van der Waals surface area contributed by atoms with Crippen molar-refractivity contribution in [3.05, 3.63) is 51.8 Å². The lowest BCUT2D eigenvalue weighted by Crippen LogP contribution is -2.46. The predicted octanol–water partition coefficient (Wildman–Crippen LogP) is 3.10. The number of piperazine rings is 1. The minimum atomic E-state index is 0.0279. The Balaban J connectivity index is 1.45. The van der Waals surface area contributed by atoms with Gasteiger partial charge in [0.2, 0.25) is 5.95 Å². The van der Waals surface area contributed by atoms with Crippen molar-refractivity contribution in [2.45, 2.75) is 26.7 Å². The van der Waals surface area contributed by atoms with Crippen LogP contribution in [0, 0.1) is 13.8 Å². The van der Waals surface area contributed by atoms with Gasteiger partial charge >= 0.3 is 0 Å². The molecule has 1 aliphatic heterocycles. The van der Waals surface area contributed by atoms with E-state index in [0.29, 0.717) is 11.0 Å². The lowest BCUT2D eigenvalue weighted by molar-refractivity contribution is 0.0735. The minimum absolute atomic E-state index is 0.0279. The first-order valence-corrected chi connectivity index (χ1v) is 11.1. The van der Waals surface area contributed by atoms with E-state index in [-0.39, 0.29) is 5.91 Å². The first-order valence-electron chi connectivity index (χ1n) is 10.3. The summed E-state index contributed by atoms with van der Waals surface area (Å²) >= 11 is 1.46. The first kappa shape index (κ1) is 19.1. The second-order valence-corrected chi connectivity index (χ2v) is 8.90. The van der Waals surface area contributed by atoms with Crippen LogP contribution in [-0.2, 0) is 12.8 Å². The Morgan fingerprint density at radius 1 is 1.10 bits per heavy atom. The van der Waals surface area contributed by atoms with Gasteiger partial charge in [-0.3, -0.25) is 4.79 Å². The number of amides is 1. The summed E-state index contributed by atoms with van der Waals surface area (Å²) in [5.41, 5.74) is 6.34. The highest BCUT2D eigenvalue weighted by Gasteiger charge is 2.27. The number of nitrogens with one attached hydrogen (secondary N) is 2. The second-order valence-electron chi connectivity index (χ2n) is 7.91. The smallest absolute Gasteiger partial charge is 0.282 e. The van der Waals surface area contributed by atoms with Gasteiger partial charge in [0.25, 0.3) is 5.91 Å². The number of carbonyl (C=O) groups excluding carboxylic acids is 1. The van der Waals surface area contributed by atoms with E-state index >= 15 is 0 Å². The molecule has 1 aromatic carbocycles. The van der Waals surface area contributed by atoms with Gasteiger partial charge in [-0.15, -0.1) is 11.3 Å². The van der Waals surface area contributed by atoms with Gasteiger partial charge < -0.3 is 15.5 Å². The maximum Gasteiger partial charge on any atom is 0.282 e. The average molecular weight is 421 g/mol. The highest BCUT2D eigenvalue weighted by atomic mass is 32.1. The third-order valence-electron chi connectivity index (χ3n) is 5.47. The van der Waals surface area contributed by atoms with E-state index in [1.165, 1.54) is 22.5 Å². The molecule has 7 nitrogen and oxygen atoms in total. The van der Waals surface area contributed by atoms with Crippen LogP contribution in [0.3, 0.4) is 0 Å². The van der Waals surface area contributed by atoms with Gasteiger partial charge in [-0.25, -0.2) is 15.0 Å². The molecule has 1 saturated heterocycles. The Morgan fingerprint density at radius 3 is 2.63 bits per heavy atom. The number of carbonyl (C=O) groups is 1. The molecule has 2 N–H and O–H groups in total. The molecular formula is C22H24N6OS. The van der Waals surface area contributed by atoms with E-state index in [9.17, 15) is 4.79 Å². The number of anilines is 2. The van der Waals surface area contributed by atoms with Crippen LogP contribution in [0.5, 0.6) is 0 Å². The lowest BCUT2D eigenvalue weighted by atomic mass is 10.00. The summed E-state index contributed by atoms with van der Waals surface area (Å²) < 4.78 is 0. The van der Waals surface area contributed by atoms with Crippen molar-refractivity contribution >= 4 is 28.9 Å². The molecule has 8 heteroatoms. The van der Waals surface area contributed by atoms with E-state index in [1.54, 1.807) is 0 Å². The van der Waals surface area contributed by atoms with E-state index in [1.807, 2.05) is 11.1 Å². The predicted molar refractivity (Wildman–Crippen MR) is 119 cm³/mol. The van der Waals surface area contributed by atoms with E-state index in [4.69, 9.17) is 4.98 Å². The van der Waals surface area contributed by atoms with Crippen LogP contribution in [-0.4, -0.2) is 51.9 Å². The summed E-state index contributed by atoms with van der Waals surface area (Å²) in [4.78, 5) is 29.8. The van der Waals surface area contributed by atoms with E-state index in [0.717, 1.165) is 66.5 Å². The number of hydrogen-bond acceptors (Lipinski definition) is 7. The van der Waals surface area contributed by atoms with Gasteiger partial charge in [0, 0.05) is 38.1 Å². The van der Waals surface area contributed by atoms with Gasteiger partial charge in [-0.05, 0) is 55.5 Å². The van der Waals surface area contributed by atoms with E-state index < -0.39 is 0 Å². The highest BCUT2D eigenvalue weighted by Crippen LogP contribution is 2.37. The molecule has 0 atom stereocenters. The van der Waals surface area contributed by atoms with E-state index in [2.05, 4.69) is 52.6 Å². The van der Waals surface area contributed by atoms with Gasteiger partial charge in [0.15, 0.2) is 5.01 Å². The Labute approximate surface area is 179 Å². The Bertz CT molecular complexity index is 1100. The normalized spacial score (nSPS) is 15.5. The quantitative estimate of drug-likeness (QED) is 0.678. The molecule has 0 unspecified atom stereocenters. The molecule has 1 aliphatic carbocycles. The number of aryl methyl sites for hydroxylation is 4. The molecule has 30 heavy (non-hydrogen) atoms. The van der Waals surface area contributed by atoms with Crippen LogP contribution >= 0.6 is 11.3 Å². The summed E-state index contributed by atoms with van der Waals surface area (Å²) in [6.45, 7) is 7.27. The molecule has 1 amide bonds. The molecule has 3 aromatic rings. The molecule has 154 valence electrons. The fourth-order valence-corrected chi connectivity index (χ4v) is 5.18. The Morgan fingerprint density at radius 2 is 1.87 bits per heavy atom. The summed E-state index contributed by atoms with van der Waals surface area (Å²) in [5, 5.41) is 7.18.